The second-order valence-corrected chi connectivity index (χ2v) is 9.35. The van der Waals surface area contributed by atoms with Crippen molar-refractivity contribution in [1.29, 1.82) is 0 Å². The average Bonchev–Trinajstić information content (AvgIpc) is 3.31. The third kappa shape index (κ3) is 5.60. The number of unbranched alkanes of at least 4 members (excludes halogenated alkanes) is 1. The van der Waals surface area contributed by atoms with E-state index in [1.807, 2.05) is 11.0 Å². The number of carbonyl (C=O) groups excluding carboxylic acids is 1. The van der Waals surface area contributed by atoms with Gasteiger partial charge in [0.05, 0.1) is 21.1 Å². The maximum Gasteiger partial charge on any atom is 0.245 e. The first-order valence-corrected chi connectivity index (χ1v) is 12.5. The summed E-state index contributed by atoms with van der Waals surface area (Å²) in [6.07, 6.45) is 6.19. The maximum absolute atomic E-state index is 14.6. The summed E-state index contributed by atoms with van der Waals surface area (Å²) in [5.74, 6) is -0.0273. The van der Waals surface area contributed by atoms with Crippen LogP contribution in [0.2, 0.25) is 10.0 Å². The number of anilines is 2. The van der Waals surface area contributed by atoms with Crippen molar-refractivity contribution in [2.24, 2.45) is 5.92 Å². The molecule has 2 N–H and O–H groups in total. The molecule has 0 saturated carbocycles. The molecule has 186 valence electrons. The lowest BCUT2D eigenvalue weighted by atomic mass is 9.89. The molecule has 0 bridgehead atoms. The molecule has 0 spiro atoms. The lowest BCUT2D eigenvalue weighted by Crippen LogP contribution is -2.39. The number of aromatic nitrogens is 3. The van der Waals surface area contributed by atoms with Crippen LogP contribution in [0.15, 0.2) is 37.2 Å². The number of fused-ring (bicyclic) bond motifs is 1. The molecule has 2 aromatic heterocycles. The number of halogens is 3. The molecular formula is C25H28Cl2FN5O2. The third-order valence-electron chi connectivity index (χ3n) is 6.29. The molecule has 1 unspecified atom stereocenters. The van der Waals surface area contributed by atoms with Crippen LogP contribution < -0.4 is 5.32 Å². The van der Waals surface area contributed by atoms with Crippen LogP contribution in [0, 0.1) is 11.7 Å². The molecule has 3 aromatic rings. The van der Waals surface area contributed by atoms with Gasteiger partial charge in [-0.1, -0.05) is 43.1 Å². The van der Waals surface area contributed by atoms with E-state index in [9.17, 15) is 9.18 Å². The van der Waals surface area contributed by atoms with Gasteiger partial charge in [-0.05, 0) is 49.5 Å². The average molecular weight is 520 g/mol. The molecule has 10 heteroatoms. The van der Waals surface area contributed by atoms with Crippen LogP contribution in [0.1, 0.15) is 44.4 Å². The lowest BCUT2D eigenvalue weighted by Gasteiger charge is -2.35. The number of ether oxygens (including phenoxy) is 1. The molecule has 1 fully saturated rings. The number of benzene rings is 1. The smallest absolute Gasteiger partial charge is 0.245 e. The van der Waals surface area contributed by atoms with Crippen molar-refractivity contribution in [3.05, 3.63) is 58.7 Å². The van der Waals surface area contributed by atoms with Gasteiger partial charge in [-0.3, -0.25) is 4.79 Å². The van der Waals surface area contributed by atoms with E-state index in [1.54, 1.807) is 0 Å². The zero-order chi connectivity index (χ0) is 24.9. The van der Waals surface area contributed by atoms with Crippen molar-refractivity contribution in [3.8, 4) is 0 Å². The molecule has 1 atom stereocenters. The van der Waals surface area contributed by atoms with Gasteiger partial charge in [0.1, 0.15) is 23.9 Å². The van der Waals surface area contributed by atoms with E-state index < -0.39 is 5.82 Å². The van der Waals surface area contributed by atoms with Crippen LogP contribution in [0.4, 0.5) is 15.9 Å². The second kappa shape index (κ2) is 11.4. The molecule has 1 aliphatic heterocycles. The summed E-state index contributed by atoms with van der Waals surface area (Å²) in [5.41, 5.74) is 1.65. The summed E-state index contributed by atoms with van der Waals surface area (Å²) < 4.78 is 21.0. The van der Waals surface area contributed by atoms with Gasteiger partial charge in [0, 0.05) is 25.4 Å². The fourth-order valence-corrected chi connectivity index (χ4v) is 4.66. The minimum absolute atomic E-state index is 0.0435. The highest BCUT2D eigenvalue weighted by atomic mass is 35.5. The highest BCUT2D eigenvalue weighted by Gasteiger charge is 2.31. The molecule has 0 aliphatic carbocycles. The number of H-pyrrole nitrogens is 1. The van der Waals surface area contributed by atoms with Crippen molar-refractivity contribution in [2.45, 2.75) is 38.7 Å². The van der Waals surface area contributed by atoms with Gasteiger partial charge in [-0.25, -0.2) is 14.4 Å². The number of nitrogens with zero attached hydrogens (tertiary/aromatic N) is 3. The summed E-state index contributed by atoms with van der Waals surface area (Å²) in [4.78, 5) is 25.9. The largest absolute Gasteiger partial charge is 0.372 e. The number of amides is 1. The summed E-state index contributed by atoms with van der Waals surface area (Å²) in [5, 5.41) is 3.70. The number of carbonyl (C=O) groups is 1. The standard InChI is InChI=1S/C25H28Cl2FN5O2/c1-3-5-12-35-23(15-8-10-33(11-9-15)20(34)4-2)19-13-16-24(29-14-30-25(16)32-19)31-18-7-6-17(26)21(27)22(18)28/h4,6-7,13-15,23H,2-3,5,8-12H2,1H3,(H2,29,30,31,32). The quantitative estimate of drug-likeness (QED) is 0.193. The highest BCUT2D eigenvalue weighted by molar-refractivity contribution is 6.42. The first-order valence-electron chi connectivity index (χ1n) is 11.7. The number of hydrogen-bond donors (Lipinski definition) is 2. The summed E-state index contributed by atoms with van der Waals surface area (Å²) in [7, 11) is 0. The van der Waals surface area contributed by atoms with Crippen molar-refractivity contribution in [1.82, 2.24) is 19.9 Å². The zero-order valence-electron chi connectivity index (χ0n) is 19.5. The van der Waals surface area contributed by atoms with E-state index in [0.29, 0.717) is 36.5 Å². The monoisotopic (exact) mass is 519 g/mol. The van der Waals surface area contributed by atoms with Gasteiger partial charge in [-0.2, -0.15) is 0 Å². The Morgan fingerprint density at radius 2 is 2.14 bits per heavy atom. The van der Waals surface area contributed by atoms with E-state index in [4.69, 9.17) is 27.9 Å². The topological polar surface area (TPSA) is 83.1 Å². The number of piperidine rings is 1. The molecule has 1 aliphatic rings. The van der Waals surface area contributed by atoms with Crippen LogP contribution in [0.25, 0.3) is 11.0 Å². The lowest BCUT2D eigenvalue weighted by molar-refractivity contribution is -0.128. The first-order chi connectivity index (χ1) is 16.9. The van der Waals surface area contributed by atoms with Gasteiger partial charge in [0.15, 0.2) is 5.82 Å². The van der Waals surface area contributed by atoms with Crippen molar-refractivity contribution < 1.29 is 13.9 Å². The number of hydrogen-bond acceptors (Lipinski definition) is 5. The van der Waals surface area contributed by atoms with Crippen LogP contribution in [0.3, 0.4) is 0 Å². The molecule has 1 saturated heterocycles. The van der Waals surface area contributed by atoms with E-state index >= 15 is 0 Å². The van der Waals surface area contributed by atoms with Gasteiger partial charge in [0.2, 0.25) is 5.91 Å². The molecule has 0 radical (unpaired) electrons. The molecule has 1 aromatic carbocycles. The normalized spacial score (nSPS) is 15.4. The van der Waals surface area contributed by atoms with Crippen LogP contribution in [-0.4, -0.2) is 45.5 Å². The Balaban J connectivity index is 1.61. The molecule has 4 rings (SSSR count). The molecule has 35 heavy (non-hydrogen) atoms. The Bertz CT molecular complexity index is 1210. The molecule has 7 nitrogen and oxygen atoms in total. The van der Waals surface area contributed by atoms with Crippen molar-refractivity contribution >= 4 is 51.6 Å². The Labute approximate surface area is 213 Å². The molecule has 3 heterocycles. The van der Waals surface area contributed by atoms with Crippen molar-refractivity contribution in [3.63, 3.8) is 0 Å². The first kappa shape index (κ1) is 25.4. The third-order valence-corrected chi connectivity index (χ3v) is 7.07. The Morgan fingerprint density at radius 1 is 1.37 bits per heavy atom. The number of rotatable bonds is 9. The SMILES string of the molecule is C=CC(=O)N1CCC(C(OCCCC)c2cc3c(Nc4ccc(Cl)c(Cl)c4F)ncnc3[nH]2)CC1. The van der Waals surface area contributed by atoms with E-state index in [-0.39, 0.29) is 33.7 Å². The summed E-state index contributed by atoms with van der Waals surface area (Å²) in [6.45, 7) is 7.66. The van der Waals surface area contributed by atoms with Crippen molar-refractivity contribution in [2.75, 3.05) is 25.0 Å². The summed E-state index contributed by atoms with van der Waals surface area (Å²) in [6, 6.07) is 4.99. The Hall–Kier alpha value is -2.68. The molecular weight excluding hydrogens is 492 g/mol. The number of nitrogens with one attached hydrogen (secondary N) is 2. The number of aromatic amines is 1. The predicted molar refractivity (Wildman–Crippen MR) is 137 cm³/mol. The summed E-state index contributed by atoms with van der Waals surface area (Å²) >= 11 is 11.9. The second-order valence-electron chi connectivity index (χ2n) is 8.57. The molecule has 1 amide bonds. The minimum atomic E-state index is -0.650. The van der Waals surface area contributed by atoms with Gasteiger partial charge in [-0.15, -0.1) is 0 Å². The van der Waals surface area contributed by atoms with Gasteiger partial charge >= 0.3 is 0 Å². The van der Waals surface area contributed by atoms with Crippen LogP contribution in [-0.2, 0) is 9.53 Å². The maximum atomic E-state index is 14.6. The zero-order valence-corrected chi connectivity index (χ0v) is 21.0. The van der Waals surface area contributed by atoms with Crippen LogP contribution in [0.5, 0.6) is 0 Å². The fraction of sp³-hybridized carbons (Fsp3) is 0.400. The highest BCUT2D eigenvalue weighted by Crippen LogP contribution is 2.37. The van der Waals surface area contributed by atoms with E-state index in [2.05, 4.69) is 33.8 Å². The fourth-order valence-electron chi connectivity index (χ4n) is 4.35. The predicted octanol–water partition coefficient (Wildman–Crippen LogP) is 6.43. The van der Waals surface area contributed by atoms with Crippen LogP contribution >= 0.6 is 23.2 Å². The van der Waals surface area contributed by atoms with Gasteiger partial charge < -0.3 is 19.9 Å². The van der Waals surface area contributed by atoms with E-state index in [1.165, 1.54) is 24.5 Å². The number of likely N-dealkylation sites (tertiary alicyclic amines) is 1. The Kier molecular flexibility index (Phi) is 8.26. The minimum Gasteiger partial charge on any atom is -0.372 e. The Morgan fingerprint density at radius 3 is 2.86 bits per heavy atom. The van der Waals surface area contributed by atoms with Gasteiger partial charge in [0.25, 0.3) is 0 Å². The van der Waals surface area contributed by atoms with E-state index in [0.717, 1.165) is 31.4 Å².